The summed E-state index contributed by atoms with van der Waals surface area (Å²) >= 11 is 0. The highest BCUT2D eigenvalue weighted by atomic mass is 16.4. The Morgan fingerprint density at radius 1 is 1.38 bits per heavy atom. The summed E-state index contributed by atoms with van der Waals surface area (Å²) in [5, 5.41) is 8.51. The molecule has 0 fully saturated rings. The first-order chi connectivity index (χ1) is 5.86. The molecule has 9 N–H and O–H groups in total. The van der Waals surface area contributed by atoms with Crippen LogP contribution < -0.4 is 22.9 Å². The summed E-state index contributed by atoms with van der Waals surface area (Å²) in [5.74, 6) is -1.27. The third-order valence-corrected chi connectivity index (χ3v) is 1.44. The summed E-state index contributed by atoms with van der Waals surface area (Å²) < 4.78 is 0. The zero-order valence-electron chi connectivity index (χ0n) is 7.23. The Morgan fingerprint density at radius 2 is 1.92 bits per heavy atom. The second-order valence-electron chi connectivity index (χ2n) is 2.76. The zero-order chi connectivity index (χ0) is 10.5. The van der Waals surface area contributed by atoms with Gasteiger partial charge in [-0.3, -0.25) is 4.99 Å². The summed E-state index contributed by atoms with van der Waals surface area (Å²) in [5.41, 5.74) is 18.9. The molecular formula is C6H15N5O2. The molecule has 0 saturated heterocycles. The summed E-state index contributed by atoms with van der Waals surface area (Å²) in [6.45, 7) is 0.325. The molecule has 0 aliphatic heterocycles. The molecule has 0 spiro atoms. The minimum atomic E-state index is -1.70. The molecule has 0 aromatic carbocycles. The molecule has 0 rings (SSSR count). The van der Waals surface area contributed by atoms with E-state index in [1.54, 1.807) is 0 Å². The van der Waals surface area contributed by atoms with E-state index in [1.165, 1.54) is 0 Å². The molecule has 7 nitrogen and oxygen atoms in total. The molecule has 0 amide bonds. The van der Waals surface area contributed by atoms with E-state index in [0.29, 0.717) is 13.0 Å². The maximum absolute atomic E-state index is 10.4. The van der Waals surface area contributed by atoms with E-state index in [1.807, 2.05) is 0 Å². The number of hydrogen-bond acceptors (Lipinski definition) is 4. The topological polar surface area (TPSA) is 154 Å². The monoisotopic (exact) mass is 189 g/mol. The maximum atomic E-state index is 10.4. The molecule has 0 aliphatic rings. The fourth-order valence-corrected chi connectivity index (χ4v) is 0.687. The van der Waals surface area contributed by atoms with Crippen molar-refractivity contribution < 1.29 is 9.90 Å². The molecule has 0 aromatic rings. The van der Waals surface area contributed by atoms with Crippen LogP contribution in [0, 0.1) is 0 Å². The van der Waals surface area contributed by atoms with E-state index in [9.17, 15) is 4.79 Å². The Labute approximate surface area is 75.8 Å². The van der Waals surface area contributed by atoms with Gasteiger partial charge in [0.15, 0.2) is 11.6 Å². The number of hydrogen-bond donors (Lipinski definition) is 5. The number of carboxylic acid groups (broad SMARTS) is 1. The van der Waals surface area contributed by atoms with Gasteiger partial charge in [0.2, 0.25) is 0 Å². The summed E-state index contributed by atoms with van der Waals surface area (Å²) in [4.78, 5) is 14.1. The molecule has 0 bridgehead atoms. The van der Waals surface area contributed by atoms with Gasteiger partial charge < -0.3 is 28.0 Å². The standard InChI is InChI=1S/C6H15N5O2/c7-5(8)11-3-1-2-6(9,10)4(12)13/h1-3,9-10H2,(H,12,13)(H4,7,8,11). The minimum absolute atomic E-state index is 0.0324. The van der Waals surface area contributed by atoms with Crippen LogP contribution in [0.3, 0.4) is 0 Å². The average Bonchev–Trinajstić information content (AvgIpc) is 1.97. The SMILES string of the molecule is NC(N)=NCCCC(N)(N)C(=O)O. The van der Waals surface area contributed by atoms with Crippen LogP contribution in [0.15, 0.2) is 4.99 Å². The van der Waals surface area contributed by atoms with E-state index in [4.69, 9.17) is 28.0 Å². The zero-order valence-corrected chi connectivity index (χ0v) is 7.23. The Bertz CT molecular complexity index is 209. The van der Waals surface area contributed by atoms with Crippen molar-refractivity contribution >= 4 is 11.9 Å². The largest absolute Gasteiger partial charge is 0.479 e. The predicted octanol–water partition coefficient (Wildman–Crippen LogP) is -2.26. The normalized spacial score (nSPS) is 10.9. The van der Waals surface area contributed by atoms with Crippen LogP contribution in [-0.4, -0.2) is 29.2 Å². The van der Waals surface area contributed by atoms with Crippen molar-refractivity contribution in [2.75, 3.05) is 6.54 Å². The van der Waals surface area contributed by atoms with Gasteiger partial charge in [-0.2, -0.15) is 0 Å². The van der Waals surface area contributed by atoms with E-state index < -0.39 is 11.6 Å². The van der Waals surface area contributed by atoms with Crippen LogP contribution in [-0.2, 0) is 4.79 Å². The van der Waals surface area contributed by atoms with Gasteiger partial charge in [0, 0.05) is 6.54 Å². The molecule has 0 aliphatic carbocycles. The van der Waals surface area contributed by atoms with Crippen molar-refractivity contribution in [1.29, 1.82) is 0 Å². The molecular weight excluding hydrogens is 174 g/mol. The van der Waals surface area contributed by atoms with E-state index in [-0.39, 0.29) is 12.4 Å². The molecule has 0 heterocycles. The molecule has 0 atom stereocenters. The average molecular weight is 189 g/mol. The van der Waals surface area contributed by atoms with Crippen LogP contribution in [0.25, 0.3) is 0 Å². The Kier molecular flexibility index (Phi) is 4.15. The highest BCUT2D eigenvalue weighted by Gasteiger charge is 2.27. The summed E-state index contributed by atoms with van der Waals surface area (Å²) in [7, 11) is 0. The van der Waals surface area contributed by atoms with E-state index in [0.717, 1.165) is 0 Å². The van der Waals surface area contributed by atoms with Crippen molar-refractivity contribution in [2.45, 2.75) is 18.5 Å². The van der Waals surface area contributed by atoms with Crippen molar-refractivity contribution in [1.82, 2.24) is 0 Å². The van der Waals surface area contributed by atoms with Crippen molar-refractivity contribution in [3.8, 4) is 0 Å². The lowest BCUT2D eigenvalue weighted by Gasteiger charge is -2.17. The quantitative estimate of drug-likeness (QED) is 0.142. The van der Waals surface area contributed by atoms with Crippen LogP contribution in [0.2, 0.25) is 0 Å². The highest BCUT2D eigenvalue weighted by molar-refractivity contribution is 5.77. The third kappa shape index (κ3) is 4.99. The molecule has 0 aromatic heterocycles. The van der Waals surface area contributed by atoms with Crippen molar-refractivity contribution in [3.63, 3.8) is 0 Å². The summed E-state index contributed by atoms with van der Waals surface area (Å²) in [6, 6.07) is 0. The first-order valence-electron chi connectivity index (χ1n) is 3.73. The lowest BCUT2D eigenvalue weighted by atomic mass is 10.1. The molecule has 0 unspecified atom stereocenters. The second-order valence-corrected chi connectivity index (χ2v) is 2.76. The second kappa shape index (κ2) is 4.63. The number of carboxylic acids is 1. The van der Waals surface area contributed by atoms with Gasteiger partial charge in [-0.1, -0.05) is 0 Å². The fourth-order valence-electron chi connectivity index (χ4n) is 0.687. The van der Waals surface area contributed by atoms with Gasteiger partial charge in [-0.25, -0.2) is 4.79 Å². The number of nitrogens with two attached hydrogens (primary N) is 4. The van der Waals surface area contributed by atoms with E-state index >= 15 is 0 Å². The highest BCUT2D eigenvalue weighted by Crippen LogP contribution is 2.02. The summed E-state index contributed by atoms with van der Waals surface area (Å²) in [6.07, 6.45) is 0.552. The predicted molar refractivity (Wildman–Crippen MR) is 48.7 cm³/mol. The number of nitrogens with zero attached hydrogens (tertiary/aromatic N) is 1. The van der Waals surface area contributed by atoms with Gasteiger partial charge in [-0.15, -0.1) is 0 Å². The lowest BCUT2D eigenvalue weighted by Crippen LogP contribution is -2.56. The van der Waals surface area contributed by atoms with Gasteiger partial charge in [0.25, 0.3) is 0 Å². The van der Waals surface area contributed by atoms with Crippen LogP contribution in [0.4, 0.5) is 0 Å². The Balaban J connectivity index is 3.77. The first-order valence-corrected chi connectivity index (χ1v) is 3.73. The van der Waals surface area contributed by atoms with Crippen molar-refractivity contribution in [2.24, 2.45) is 27.9 Å². The smallest absolute Gasteiger partial charge is 0.338 e. The Morgan fingerprint density at radius 3 is 2.31 bits per heavy atom. The third-order valence-electron chi connectivity index (χ3n) is 1.44. The van der Waals surface area contributed by atoms with Gasteiger partial charge in [0.05, 0.1) is 0 Å². The maximum Gasteiger partial charge on any atom is 0.338 e. The molecule has 7 heteroatoms. The first kappa shape index (κ1) is 11.7. The number of aliphatic imine (C=N–C) groups is 1. The number of aliphatic carboxylic acids is 1. The van der Waals surface area contributed by atoms with Gasteiger partial charge >= 0.3 is 5.97 Å². The number of carbonyl (C=O) groups is 1. The molecule has 13 heavy (non-hydrogen) atoms. The minimum Gasteiger partial charge on any atom is -0.479 e. The molecule has 0 saturated carbocycles. The lowest BCUT2D eigenvalue weighted by molar-refractivity contribution is -0.143. The number of rotatable bonds is 5. The van der Waals surface area contributed by atoms with Crippen LogP contribution in [0.1, 0.15) is 12.8 Å². The van der Waals surface area contributed by atoms with Crippen molar-refractivity contribution in [3.05, 3.63) is 0 Å². The van der Waals surface area contributed by atoms with Crippen LogP contribution in [0.5, 0.6) is 0 Å². The Hall–Kier alpha value is -1.34. The molecule has 0 radical (unpaired) electrons. The van der Waals surface area contributed by atoms with Crippen LogP contribution >= 0.6 is 0 Å². The van der Waals surface area contributed by atoms with E-state index in [2.05, 4.69) is 4.99 Å². The van der Waals surface area contributed by atoms with Gasteiger partial charge in [-0.05, 0) is 12.8 Å². The fraction of sp³-hybridized carbons (Fsp3) is 0.667. The number of guanidine groups is 1. The molecule has 76 valence electrons. The van der Waals surface area contributed by atoms with Gasteiger partial charge in [0.1, 0.15) is 0 Å².